The third-order valence-corrected chi connectivity index (χ3v) is 5.15. The molecule has 1 aliphatic rings. The highest BCUT2D eigenvalue weighted by atomic mass is 15.3. The third kappa shape index (κ3) is 3.65. The highest BCUT2D eigenvalue weighted by Gasteiger charge is 2.35. The van der Waals surface area contributed by atoms with Gasteiger partial charge < -0.3 is 5.32 Å². The number of hydrogen-bond acceptors (Lipinski definition) is 3. The van der Waals surface area contributed by atoms with Gasteiger partial charge in [0, 0.05) is 37.3 Å². The molecule has 1 saturated heterocycles. The average molecular weight is 289 g/mol. The molecule has 1 N–H and O–H groups in total. The molecule has 0 bridgehead atoms. The number of hydrogen-bond donors (Lipinski definition) is 1. The molecular formula is C18H31N3. The van der Waals surface area contributed by atoms with Crippen molar-refractivity contribution in [3.63, 3.8) is 0 Å². The van der Waals surface area contributed by atoms with Crippen LogP contribution in [-0.2, 0) is 0 Å². The van der Waals surface area contributed by atoms with Crippen LogP contribution in [0.5, 0.6) is 0 Å². The summed E-state index contributed by atoms with van der Waals surface area (Å²) in [6.45, 7) is 12.6. The minimum Gasteiger partial charge on any atom is -0.312 e. The van der Waals surface area contributed by atoms with E-state index in [9.17, 15) is 0 Å². The molecule has 0 radical (unpaired) electrons. The summed E-state index contributed by atoms with van der Waals surface area (Å²) in [5.74, 6) is 0. The molecular weight excluding hydrogens is 258 g/mol. The SMILES string of the molecule is CNC(c1ccc(C)cc1)C(C)N1CCN(C)C(C)(C)C1. The standard InChI is InChI=1S/C18H31N3/c1-14-7-9-16(10-8-14)17(19-5)15(2)21-12-11-20(6)18(3,4)13-21/h7-10,15,17,19H,11-13H2,1-6H3. The first kappa shape index (κ1) is 16.5. The van der Waals surface area contributed by atoms with Crippen LogP contribution in [0, 0.1) is 6.92 Å². The van der Waals surface area contributed by atoms with Gasteiger partial charge in [0.25, 0.3) is 0 Å². The molecule has 3 nitrogen and oxygen atoms in total. The zero-order valence-corrected chi connectivity index (χ0v) is 14.5. The van der Waals surface area contributed by atoms with Gasteiger partial charge in [0.2, 0.25) is 0 Å². The molecule has 0 spiro atoms. The summed E-state index contributed by atoms with van der Waals surface area (Å²) in [5, 5.41) is 3.52. The van der Waals surface area contributed by atoms with E-state index in [2.05, 4.69) is 81.2 Å². The van der Waals surface area contributed by atoms with Gasteiger partial charge >= 0.3 is 0 Å². The molecule has 0 aliphatic carbocycles. The first-order valence-corrected chi connectivity index (χ1v) is 8.04. The fourth-order valence-corrected chi connectivity index (χ4v) is 3.30. The molecule has 1 aromatic carbocycles. The van der Waals surface area contributed by atoms with Crippen molar-refractivity contribution >= 4 is 0 Å². The maximum atomic E-state index is 3.52. The van der Waals surface area contributed by atoms with Crippen molar-refractivity contribution in [2.75, 3.05) is 33.7 Å². The van der Waals surface area contributed by atoms with Crippen LogP contribution in [0.15, 0.2) is 24.3 Å². The van der Waals surface area contributed by atoms with Crippen LogP contribution in [0.2, 0.25) is 0 Å². The zero-order chi connectivity index (χ0) is 15.6. The Kier molecular flexibility index (Phi) is 5.07. The highest BCUT2D eigenvalue weighted by Crippen LogP contribution is 2.26. The summed E-state index contributed by atoms with van der Waals surface area (Å²) in [6.07, 6.45) is 0. The van der Waals surface area contributed by atoms with E-state index in [1.165, 1.54) is 11.1 Å². The van der Waals surface area contributed by atoms with Crippen LogP contribution in [-0.4, -0.2) is 55.1 Å². The van der Waals surface area contributed by atoms with Crippen molar-refractivity contribution in [2.45, 2.75) is 45.3 Å². The van der Waals surface area contributed by atoms with E-state index in [0.717, 1.165) is 19.6 Å². The number of aryl methyl sites for hydroxylation is 1. The summed E-state index contributed by atoms with van der Waals surface area (Å²) in [6, 6.07) is 9.80. The second-order valence-electron chi connectivity index (χ2n) is 7.12. The molecule has 21 heavy (non-hydrogen) atoms. The maximum absolute atomic E-state index is 3.52. The lowest BCUT2D eigenvalue weighted by Crippen LogP contribution is -2.60. The van der Waals surface area contributed by atoms with Gasteiger partial charge in [0.1, 0.15) is 0 Å². The van der Waals surface area contributed by atoms with E-state index in [4.69, 9.17) is 0 Å². The van der Waals surface area contributed by atoms with Crippen molar-refractivity contribution in [3.05, 3.63) is 35.4 Å². The van der Waals surface area contributed by atoms with Gasteiger partial charge in [-0.1, -0.05) is 29.8 Å². The number of likely N-dealkylation sites (N-methyl/N-ethyl adjacent to an activating group) is 2. The summed E-state index contributed by atoms with van der Waals surface area (Å²) >= 11 is 0. The van der Waals surface area contributed by atoms with Crippen molar-refractivity contribution in [1.29, 1.82) is 0 Å². The Bertz CT molecular complexity index is 452. The normalized spacial score (nSPS) is 23.0. The average Bonchev–Trinajstić information content (AvgIpc) is 2.44. The molecule has 2 rings (SSSR count). The molecule has 1 aliphatic heterocycles. The van der Waals surface area contributed by atoms with Crippen molar-refractivity contribution in [2.24, 2.45) is 0 Å². The van der Waals surface area contributed by atoms with E-state index in [-0.39, 0.29) is 5.54 Å². The van der Waals surface area contributed by atoms with Crippen LogP contribution in [0.4, 0.5) is 0 Å². The quantitative estimate of drug-likeness (QED) is 0.919. The number of rotatable bonds is 4. The Balaban J connectivity index is 2.13. The maximum Gasteiger partial charge on any atom is 0.0473 e. The van der Waals surface area contributed by atoms with Gasteiger partial charge in [-0.3, -0.25) is 9.80 Å². The number of nitrogens with zero attached hydrogens (tertiary/aromatic N) is 2. The van der Waals surface area contributed by atoms with Crippen molar-refractivity contribution in [3.8, 4) is 0 Å². The molecule has 0 saturated carbocycles. The topological polar surface area (TPSA) is 18.5 Å². The third-order valence-electron chi connectivity index (χ3n) is 5.15. The van der Waals surface area contributed by atoms with E-state index in [1.807, 2.05) is 0 Å². The van der Waals surface area contributed by atoms with Gasteiger partial charge in [-0.2, -0.15) is 0 Å². The number of piperazine rings is 1. The summed E-state index contributed by atoms with van der Waals surface area (Å²) in [5.41, 5.74) is 2.95. The van der Waals surface area contributed by atoms with Crippen LogP contribution >= 0.6 is 0 Å². The first-order valence-electron chi connectivity index (χ1n) is 8.04. The smallest absolute Gasteiger partial charge is 0.0473 e. The monoisotopic (exact) mass is 289 g/mol. The van der Waals surface area contributed by atoms with Gasteiger partial charge in [-0.25, -0.2) is 0 Å². The number of nitrogens with one attached hydrogen (secondary N) is 1. The van der Waals surface area contributed by atoms with Gasteiger partial charge in [-0.05, 0) is 47.4 Å². The Morgan fingerprint density at radius 2 is 1.76 bits per heavy atom. The molecule has 1 aromatic rings. The first-order chi connectivity index (χ1) is 9.85. The predicted octanol–water partition coefficient (Wildman–Crippen LogP) is 2.67. The molecule has 2 unspecified atom stereocenters. The van der Waals surface area contributed by atoms with E-state index in [1.54, 1.807) is 0 Å². The zero-order valence-electron chi connectivity index (χ0n) is 14.5. The molecule has 1 fully saturated rings. The number of benzene rings is 1. The predicted molar refractivity (Wildman–Crippen MR) is 90.7 cm³/mol. The van der Waals surface area contributed by atoms with E-state index >= 15 is 0 Å². The van der Waals surface area contributed by atoms with Gasteiger partial charge in [-0.15, -0.1) is 0 Å². The van der Waals surface area contributed by atoms with E-state index < -0.39 is 0 Å². The summed E-state index contributed by atoms with van der Waals surface area (Å²) < 4.78 is 0. The van der Waals surface area contributed by atoms with Crippen LogP contribution in [0.1, 0.15) is 37.9 Å². The summed E-state index contributed by atoms with van der Waals surface area (Å²) in [7, 11) is 4.31. The Labute approximate surface area is 130 Å². The highest BCUT2D eigenvalue weighted by molar-refractivity contribution is 5.25. The van der Waals surface area contributed by atoms with Gasteiger partial charge in [0.05, 0.1) is 0 Å². The molecule has 1 heterocycles. The van der Waals surface area contributed by atoms with Crippen LogP contribution in [0.3, 0.4) is 0 Å². The fourth-order valence-electron chi connectivity index (χ4n) is 3.30. The minimum absolute atomic E-state index is 0.248. The van der Waals surface area contributed by atoms with E-state index in [0.29, 0.717) is 12.1 Å². The van der Waals surface area contributed by atoms with Crippen molar-refractivity contribution in [1.82, 2.24) is 15.1 Å². The molecule has 3 heteroatoms. The largest absolute Gasteiger partial charge is 0.312 e. The second-order valence-corrected chi connectivity index (χ2v) is 7.12. The van der Waals surface area contributed by atoms with Crippen LogP contribution in [0.25, 0.3) is 0 Å². The Morgan fingerprint density at radius 1 is 1.14 bits per heavy atom. The minimum atomic E-state index is 0.248. The fraction of sp³-hybridized carbons (Fsp3) is 0.667. The molecule has 118 valence electrons. The van der Waals surface area contributed by atoms with Gasteiger partial charge in [0.15, 0.2) is 0 Å². The van der Waals surface area contributed by atoms with Crippen molar-refractivity contribution < 1.29 is 0 Å². The van der Waals surface area contributed by atoms with Crippen LogP contribution < -0.4 is 5.32 Å². The lowest BCUT2D eigenvalue weighted by Gasteiger charge is -2.48. The lowest BCUT2D eigenvalue weighted by molar-refractivity contribution is 0.0123. The summed E-state index contributed by atoms with van der Waals surface area (Å²) in [4.78, 5) is 5.09. The molecule has 2 atom stereocenters. The Morgan fingerprint density at radius 3 is 2.29 bits per heavy atom. The molecule has 0 aromatic heterocycles. The lowest BCUT2D eigenvalue weighted by atomic mass is 9.94. The Hall–Kier alpha value is -0.900. The molecule has 0 amide bonds. The second kappa shape index (κ2) is 6.47.